The van der Waals surface area contributed by atoms with Gasteiger partial charge in [0.25, 0.3) is 11.4 Å². The second-order valence-electron chi connectivity index (χ2n) is 10.8. The molecule has 1 aliphatic rings. The smallest absolute Gasteiger partial charge is 0.339 e. The van der Waals surface area contributed by atoms with E-state index in [2.05, 4.69) is 4.98 Å². The van der Waals surface area contributed by atoms with Gasteiger partial charge in [-0.3, -0.25) is 33.6 Å². The average molecular weight is 623 g/mol. The van der Waals surface area contributed by atoms with E-state index in [4.69, 9.17) is 23.7 Å². The third kappa shape index (κ3) is 8.13. The number of likely N-dealkylation sites (N-methyl/N-ethyl adjacent to an activating group) is 1. The summed E-state index contributed by atoms with van der Waals surface area (Å²) in [7, 11) is 3.22. The molecule has 1 fully saturated rings. The molecule has 16 heteroatoms. The first kappa shape index (κ1) is 34.1. The maximum absolute atomic E-state index is 16.8. The van der Waals surface area contributed by atoms with E-state index in [1.54, 1.807) is 14.1 Å². The molecule has 1 aliphatic heterocycles. The molecule has 0 spiro atoms. The van der Waals surface area contributed by atoms with Crippen LogP contribution >= 0.6 is 0 Å². The highest BCUT2D eigenvalue weighted by molar-refractivity contribution is 5.88. The van der Waals surface area contributed by atoms with E-state index < -0.39 is 84.6 Å². The molecule has 0 saturated carbocycles. The quantitative estimate of drug-likeness (QED) is 0.239. The summed E-state index contributed by atoms with van der Waals surface area (Å²) in [4.78, 5) is 81.3. The van der Waals surface area contributed by atoms with Crippen molar-refractivity contribution in [2.45, 2.75) is 58.7 Å². The van der Waals surface area contributed by atoms with E-state index in [0.29, 0.717) is 4.57 Å². The van der Waals surface area contributed by atoms with Crippen molar-refractivity contribution in [2.75, 3.05) is 27.2 Å². The van der Waals surface area contributed by atoms with Crippen LogP contribution in [0.5, 0.6) is 0 Å². The molecule has 44 heavy (non-hydrogen) atoms. The number of carbonyl (C=O) groups is 4. The molecule has 3 rings (SSSR count). The molecule has 15 nitrogen and oxygen atoms in total. The van der Waals surface area contributed by atoms with Crippen LogP contribution in [0.2, 0.25) is 0 Å². The Hall–Kier alpha value is -4.44. The predicted octanol–water partition coefficient (Wildman–Crippen LogP) is 0.655. The zero-order valence-electron chi connectivity index (χ0n) is 25.1. The molecule has 0 bridgehead atoms. The Morgan fingerprint density at radius 3 is 2.30 bits per heavy atom. The van der Waals surface area contributed by atoms with Gasteiger partial charge in [0.15, 0.2) is 25.7 Å². The van der Waals surface area contributed by atoms with Crippen LogP contribution in [0.4, 0.5) is 4.39 Å². The first-order valence-electron chi connectivity index (χ1n) is 13.6. The van der Waals surface area contributed by atoms with Crippen molar-refractivity contribution in [3.63, 3.8) is 0 Å². The Balaban J connectivity index is 2.06. The van der Waals surface area contributed by atoms with Crippen molar-refractivity contribution < 1.29 is 47.3 Å². The van der Waals surface area contributed by atoms with Gasteiger partial charge in [-0.2, -0.15) is 0 Å². The van der Waals surface area contributed by atoms with E-state index in [0.717, 1.165) is 16.8 Å². The van der Waals surface area contributed by atoms with Gasteiger partial charge in [-0.05, 0) is 26.2 Å². The molecule has 2 aromatic heterocycles. The van der Waals surface area contributed by atoms with E-state index in [1.165, 1.54) is 57.1 Å². The average Bonchev–Trinajstić information content (AvgIpc) is 3.22. The summed E-state index contributed by atoms with van der Waals surface area (Å²) in [5, 5.41) is 0. The van der Waals surface area contributed by atoms with Gasteiger partial charge in [0.1, 0.15) is 0 Å². The lowest BCUT2D eigenvalue weighted by Crippen LogP contribution is -2.49. The number of aromatic nitrogens is 3. The van der Waals surface area contributed by atoms with Crippen molar-refractivity contribution in [3.8, 4) is 0 Å². The third-order valence-corrected chi connectivity index (χ3v) is 6.23. The Bertz CT molecular complexity index is 1470. The maximum atomic E-state index is 16.8. The van der Waals surface area contributed by atoms with Gasteiger partial charge in [-0.25, -0.2) is 18.5 Å². The van der Waals surface area contributed by atoms with Gasteiger partial charge in [-0.15, -0.1) is 0 Å². The van der Waals surface area contributed by atoms with E-state index in [9.17, 15) is 28.8 Å². The monoisotopic (exact) mass is 622 g/mol. The lowest BCUT2D eigenvalue weighted by molar-refractivity contribution is -0.219. The van der Waals surface area contributed by atoms with Crippen LogP contribution in [-0.4, -0.2) is 88.2 Å². The van der Waals surface area contributed by atoms with Crippen LogP contribution in [0.15, 0.2) is 46.4 Å². The second-order valence-corrected chi connectivity index (χ2v) is 10.8. The highest BCUT2D eigenvalue weighted by Gasteiger charge is 2.62. The highest BCUT2D eigenvalue weighted by atomic mass is 19.2. The molecule has 0 aromatic carbocycles. The lowest BCUT2D eigenvalue weighted by atomic mass is 10.1. The number of ether oxygens (including phenoxy) is 5. The standard InChI is InChI=1S/C28H35FN4O11/c1-16(2)24(36)42-21-22(43-25(37)17(3)4)28(29,14-40-26(38)18-8-7-10-30-12-18)44-23(21)32-11-9-19(34)33(27(32)39)15-41-20(35)13-31(5)6/h7-12,16-17,21-23H,13-15H2,1-6H3/t21-,22+,23-,28-/m1/s1. The van der Waals surface area contributed by atoms with Crippen LogP contribution in [-0.2, 0) is 44.8 Å². The molecular formula is C28H35FN4O11. The number of carbonyl (C=O) groups excluding carboxylic acids is 4. The Morgan fingerprint density at radius 2 is 1.70 bits per heavy atom. The van der Waals surface area contributed by atoms with Crippen LogP contribution in [0.1, 0.15) is 44.3 Å². The number of alkyl halides is 1. The van der Waals surface area contributed by atoms with E-state index in [1.807, 2.05) is 0 Å². The number of nitrogens with zero attached hydrogens (tertiary/aromatic N) is 4. The minimum absolute atomic E-state index is 0.0173. The summed E-state index contributed by atoms with van der Waals surface area (Å²) < 4.78 is 44.7. The number of halogens is 1. The molecule has 2 aromatic rings. The largest absolute Gasteiger partial charge is 0.456 e. The molecule has 4 atom stereocenters. The second kappa shape index (κ2) is 14.4. The molecule has 240 valence electrons. The number of pyridine rings is 1. The fraction of sp³-hybridized carbons (Fsp3) is 0.536. The third-order valence-electron chi connectivity index (χ3n) is 6.23. The predicted molar refractivity (Wildman–Crippen MR) is 148 cm³/mol. The zero-order chi connectivity index (χ0) is 32.8. The normalized spacial score (nSPS) is 21.4. The lowest BCUT2D eigenvalue weighted by Gasteiger charge is -2.28. The first-order chi connectivity index (χ1) is 20.6. The van der Waals surface area contributed by atoms with E-state index in [-0.39, 0.29) is 12.1 Å². The minimum atomic E-state index is -3.15. The molecule has 3 heterocycles. The Morgan fingerprint density at radius 1 is 1.05 bits per heavy atom. The maximum Gasteiger partial charge on any atom is 0.339 e. The molecule has 0 radical (unpaired) electrons. The van der Waals surface area contributed by atoms with Gasteiger partial charge in [-0.1, -0.05) is 27.7 Å². The number of esters is 4. The molecule has 0 amide bonds. The van der Waals surface area contributed by atoms with Crippen molar-refractivity contribution in [3.05, 3.63) is 63.2 Å². The minimum Gasteiger partial charge on any atom is -0.456 e. The van der Waals surface area contributed by atoms with E-state index >= 15 is 4.39 Å². The number of rotatable bonds is 12. The fourth-order valence-corrected chi connectivity index (χ4v) is 3.88. The highest BCUT2D eigenvalue weighted by Crippen LogP contribution is 2.42. The van der Waals surface area contributed by atoms with Gasteiger partial charge in [0.2, 0.25) is 6.10 Å². The van der Waals surface area contributed by atoms with Gasteiger partial charge >= 0.3 is 29.6 Å². The van der Waals surface area contributed by atoms with Crippen molar-refractivity contribution >= 4 is 23.9 Å². The summed E-state index contributed by atoms with van der Waals surface area (Å²) in [5.74, 6) is -8.14. The summed E-state index contributed by atoms with van der Waals surface area (Å²) in [6.07, 6.45) is -2.11. The Kier molecular flexibility index (Phi) is 11.1. The summed E-state index contributed by atoms with van der Waals surface area (Å²) in [5.41, 5.74) is -2.01. The van der Waals surface area contributed by atoms with Gasteiger partial charge in [0, 0.05) is 24.7 Å². The topological polar surface area (TPSA) is 175 Å². The molecule has 1 saturated heterocycles. The van der Waals surface area contributed by atoms with Crippen LogP contribution in [0.3, 0.4) is 0 Å². The molecule has 0 N–H and O–H groups in total. The van der Waals surface area contributed by atoms with Gasteiger partial charge < -0.3 is 23.7 Å². The Labute approximate surface area is 251 Å². The number of hydrogen-bond acceptors (Lipinski definition) is 13. The SMILES string of the molecule is CC(C)C(=O)O[C@H]1[C@H](n2ccc(=O)n(COC(=O)CN(C)C)c2=O)O[C@](F)(COC(=O)c2cccnc2)[C@H]1OC(=O)C(C)C. The van der Waals surface area contributed by atoms with Crippen LogP contribution < -0.4 is 11.2 Å². The summed E-state index contributed by atoms with van der Waals surface area (Å²) >= 11 is 0. The molecule has 0 unspecified atom stereocenters. The van der Waals surface area contributed by atoms with Crippen molar-refractivity contribution in [1.82, 2.24) is 19.0 Å². The van der Waals surface area contributed by atoms with Gasteiger partial charge in [0.05, 0.1) is 23.9 Å². The fourth-order valence-electron chi connectivity index (χ4n) is 3.88. The summed E-state index contributed by atoms with van der Waals surface area (Å²) in [6.45, 7) is 3.86. The number of hydrogen-bond donors (Lipinski definition) is 0. The molecule has 0 aliphatic carbocycles. The first-order valence-corrected chi connectivity index (χ1v) is 13.6. The van der Waals surface area contributed by atoms with Crippen LogP contribution in [0.25, 0.3) is 0 Å². The molecular weight excluding hydrogens is 587 g/mol. The van der Waals surface area contributed by atoms with Crippen molar-refractivity contribution in [1.29, 1.82) is 0 Å². The zero-order valence-corrected chi connectivity index (χ0v) is 25.1. The summed E-state index contributed by atoms with van der Waals surface area (Å²) in [6, 6.07) is 3.75. The van der Waals surface area contributed by atoms with Crippen LogP contribution in [0, 0.1) is 11.8 Å². The van der Waals surface area contributed by atoms with Crippen molar-refractivity contribution in [2.24, 2.45) is 11.8 Å².